The van der Waals surface area contributed by atoms with Gasteiger partial charge in [-0.05, 0) is 0 Å². The van der Waals surface area contributed by atoms with Gasteiger partial charge in [0.25, 0.3) is 0 Å². The minimum atomic E-state index is 0. The van der Waals surface area contributed by atoms with Crippen LogP contribution >= 0.6 is 0 Å². The zero-order chi connectivity index (χ0) is 0. The van der Waals surface area contributed by atoms with Gasteiger partial charge in [-0.1, -0.05) is 0 Å². The van der Waals surface area contributed by atoms with Gasteiger partial charge in [0.2, 0.25) is 0 Å². The Hall–Kier alpha value is 4.27. The molecule has 4 heteroatoms. The normalized spacial score (nSPS) is 0. The molecule has 0 aromatic carbocycles. The molecule has 0 rings (SSSR count). The molecule has 0 unspecified atom stereocenters. The van der Waals surface area contributed by atoms with E-state index in [-0.39, 0.29) is 132 Å². The molecule has 0 heterocycles. The van der Waals surface area contributed by atoms with Crippen LogP contribution in [0, 0.1) is 39.9 Å². The van der Waals surface area contributed by atoms with Crippen molar-refractivity contribution in [1.82, 2.24) is 0 Å². The van der Waals surface area contributed by atoms with Crippen LogP contribution in [0.4, 0.5) is 0 Å². The fourth-order valence-corrected chi connectivity index (χ4v) is 0. The summed E-state index contributed by atoms with van der Waals surface area (Å²) in [7, 11) is 0. The van der Waals surface area contributed by atoms with Crippen molar-refractivity contribution in [3.63, 3.8) is 0 Å². The third-order valence-electron chi connectivity index (χ3n) is 0. The van der Waals surface area contributed by atoms with Crippen molar-refractivity contribution in [2.24, 2.45) is 0 Å². The van der Waals surface area contributed by atoms with E-state index in [9.17, 15) is 0 Å². The number of rotatable bonds is 0. The van der Waals surface area contributed by atoms with Gasteiger partial charge in [-0.25, -0.2) is 0 Å². The first-order chi connectivity index (χ1) is 0. The number of hydrogen-bond acceptors (Lipinski definition) is 0. The van der Waals surface area contributed by atoms with Crippen LogP contribution in [0.2, 0.25) is 0 Å². The minimum absolute atomic E-state index is 0. The van der Waals surface area contributed by atoms with Crippen LogP contribution in [0.1, 0.15) is 2.85 Å². The molecule has 0 aromatic rings. The molecule has 0 nitrogen and oxygen atoms in total. The average molecular weight is 339 g/mol. The van der Waals surface area contributed by atoms with Crippen molar-refractivity contribution in [3.05, 3.63) is 0 Å². The largest absolute Gasteiger partial charge is 2.00 e. The molecule has 0 fully saturated rings. The molecule has 20 valence electrons. The predicted molar refractivity (Wildman–Crippen MR) is 7.98 cm³/mol. The van der Waals surface area contributed by atoms with Gasteiger partial charge in [-0.2, -0.15) is 0 Å². The van der Waals surface area contributed by atoms with E-state index >= 15 is 0 Å². The Morgan fingerprint density at radius 1 is 1.25 bits per heavy atom. The van der Waals surface area contributed by atoms with Crippen molar-refractivity contribution >= 4 is 37.7 Å². The third-order valence-corrected chi connectivity index (χ3v) is 0. The molecule has 0 spiro atoms. The van der Waals surface area contributed by atoms with E-state index in [1.54, 1.807) is 0 Å². The van der Waals surface area contributed by atoms with Gasteiger partial charge >= 0.3 is 37.7 Å². The molecule has 0 aliphatic carbocycles. The minimum Gasteiger partial charge on any atom is -1.00 e. The van der Waals surface area contributed by atoms with E-state index < -0.39 is 0 Å². The van der Waals surface area contributed by atoms with E-state index in [0.29, 0.717) is 0 Å². The molecule has 0 bridgehead atoms. The molecule has 0 aliphatic heterocycles. The fourth-order valence-electron chi connectivity index (χ4n) is 0. The smallest absolute Gasteiger partial charge is 1.00 e. The maximum Gasteiger partial charge on any atom is 2.00 e. The van der Waals surface area contributed by atoms with E-state index in [1.165, 1.54) is 0 Å². The summed E-state index contributed by atoms with van der Waals surface area (Å²) < 4.78 is 0. The maximum absolute atomic E-state index is 0. The van der Waals surface area contributed by atoms with E-state index in [2.05, 4.69) is 0 Å². The van der Waals surface area contributed by atoms with Crippen molar-refractivity contribution < 1.29 is 94.1 Å². The SMILES string of the molecule is [Ca+2].[Gd].[H-].[H-].[V].[Y]. The molecular formula is H2CaGdVY. The van der Waals surface area contributed by atoms with Crippen molar-refractivity contribution in [2.75, 3.05) is 0 Å². The van der Waals surface area contributed by atoms with E-state index in [4.69, 9.17) is 0 Å². The van der Waals surface area contributed by atoms with Gasteiger partial charge in [0.15, 0.2) is 0 Å². The molecule has 4 heavy (non-hydrogen) atoms. The molecule has 0 atom stereocenters. The summed E-state index contributed by atoms with van der Waals surface area (Å²) in [6.45, 7) is 0. The molecule has 0 saturated carbocycles. The number of hydrogen-bond donors (Lipinski definition) is 0. The van der Waals surface area contributed by atoms with Crippen LogP contribution in [0.15, 0.2) is 0 Å². The summed E-state index contributed by atoms with van der Waals surface area (Å²) in [5.41, 5.74) is 0. The zero-order valence-corrected chi connectivity index (χ0v) is 10.8. The Morgan fingerprint density at radius 3 is 1.25 bits per heavy atom. The standard InChI is InChI=1S/Ca.Gd.V.Y.2H/q+2;;;;2*-1. The van der Waals surface area contributed by atoms with Crippen LogP contribution < -0.4 is 0 Å². The monoisotopic (exact) mass is 340 g/mol. The summed E-state index contributed by atoms with van der Waals surface area (Å²) >= 11 is 0. The molecule has 0 aromatic heterocycles. The zero-order valence-electron chi connectivity index (χ0n) is 4.09. The van der Waals surface area contributed by atoms with Gasteiger partial charge in [-0.3, -0.25) is 0 Å². The second kappa shape index (κ2) is 15.7. The van der Waals surface area contributed by atoms with Gasteiger partial charge in [0.1, 0.15) is 0 Å². The van der Waals surface area contributed by atoms with Gasteiger partial charge in [0, 0.05) is 91.2 Å². The fraction of sp³-hybridized carbons (Fsp3) is 0. The summed E-state index contributed by atoms with van der Waals surface area (Å²) in [5, 5.41) is 0. The van der Waals surface area contributed by atoms with Crippen LogP contribution in [0.5, 0.6) is 0 Å². The summed E-state index contributed by atoms with van der Waals surface area (Å²) in [5.74, 6) is 0. The van der Waals surface area contributed by atoms with Crippen molar-refractivity contribution in [3.8, 4) is 0 Å². The molecule has 2 radical (unpaired) electrons. The van der Waals surface area contributed by atoms with Crippen molar-refractivity contribution in [2.45, 2.75) is 0 Å². The first kappa shape index (κ1) is 24.0. The summed E-state index contributed by atoms with van der Waals surface area (Å²) in [4.78, 5) is 0. The maximum atomic E-state index is 0. The molecule has 0 aliphatic rings. The Kier molecular flexibility index (Phi) is 93.9. The topological polar surface area (TPSA) is 0 Å². The summed E-state index contributed by atoms with van der Waals surface area (Å²) in [6.07, 6.45) is 0. The Balaban J connectivity index is 0. The van der Waals surface area contributed by atoms with E-state index in [1.807, 2.05) is 0 Å². The van der Waals surface area contributed by atoms with Crippen molar-refractivity contribution in [1.29, 1.82) is 0 Å². The Bertz CT molecular complexity index is 13.5. The van der Waals surface area contributed by atoms with Gasteiger partial charge < -0.3 is 2.85 Å². The third kappa shape index (κ3) is 9.55. The van der Waals surface area contributed by atoms with Crippen LogP contribution in [0.3, 0.4) is 0 Å². The van der Waals surface area contributed by atoms with E-state index in [0.717, 1.165) is 0 Å². The first-order valence-electron chi connectivity index (χ1n) is 0. The molecule has 0 amide bonds. The van der Waals surface area contributed by atoms with Crippen LogP contribution in [0.25, 0.3) is 0 Å². The van der Waals surface area contributed by atoms with Crippen LogP contribution in [-0.2, 0) is 51.3 Å². The van der Waals surface area contributed by atoms with Gasteiger partial charge in [0.05, 0.1) is 0 Å². The Morgan fingerprint density at radius 2 is 1.25 bits per heavy atom. The first-order valence-corrected chi connectivity index (χ1v) is 0. The predicted octanol–water partition coefficient (Wildman–Crippen LogP) is -0.161. The quantitative estimate of drug-likeness (QED) is 0.538. The molecule has 0 N–H and O–H groups in total. The second-order valence-electron chi connectivity index (χ2n) is 0. The second-order valence-corrected chi connectivity index (χ2v) is 0. The Labute approximate surface area is 128 Å². The molecular weight excluding hydrogens is 337 g/mol. The molecule has 0 saturated heterocycles. The average Bonchev–Trinajstić information content (AvgIpc) is 0. The van der Waals surface area contributed by atoms with Crippen LogP contribution in [-0.4, -0.2) is 37.7 Å². The van der Waals surface area contributed by atoms with Gasteiger partial charge in [-0.15, -0.1) is 0 Å². The summed E-state index contributed by atoms with van der Waals surface area (Å²) in [6, 6.07) is 0.